The Morgan fingerprint density at radius 1 is 1.15 bits per heavy atom. The molecule has 2 aromatic rings. The van der Waals surface area contributed by atoms with E-state index in [1.54, 1.807) is 31.5 Å². The summed E-state index contributed by atoms with van der Waals surface area (Å²) in [7, 11) is 1.65. The Morgan fingerprint density at radius 3 is 2.70 bits per heavy atom. The maximum atomic E-state index is 12.8. The number of methoxy groups -OCH3 is 1. The molecule has 0 aliphatic rings. The fourth-order valence-electron chi connectivity index (χ4n) is 1.61. The lowest BCUT2D eigenvalue weighted by Gasteiger charge is -2.08. The van der Waals surface area contributed by atoms with Crippen LogP contribution < -0.4 is 10.6 Å². The monoisotopic (exact) mass is 276 g/mol. The van der Waals surface area contributed by atoms with Gasteiger partial charge >= 0.3 is 0 Å². The SMILES string of the molecule is COCCNc1ccnc(NCc2ccc(F)cc2)n1. The van der Waals surface area contributed by atoms with Crippen molar-refractivity contribution >= 4 is 11.8 Å². The van der Waals surface area contributed by atoms with Gasteiger partial charge in [0.05, 0.1) is 6.61 Å². The highest BCUT2D eigenvalue weighted by Gasteiger charge is 1.99. The third kappa shape index (κ3) is 4.47. The molecule has 1 aromatic heterocycles. The topological polar surface area (TPSA) is 59.1 Å². The third-order valence-electron chi connectivity index (χ3n) is 2.63. The van der Waals surface area contributed by atoms with Crippen molar-refractivity contribution in [2.75, 3.05) is 30.9 Å². The molecule has 0 amide bonds. The van der Waals surface area contributed by atoms with Crippen molar-refractivity contribution in [3.63, 3.8) is 0 Å². The van der Waals surface area contributed by atoms with E-state index in [0.717, 1.165) is 11.4 Å². The number of rotatable bonds is 7. The molecule has 20 heavy (non-hydrogen) atoms. The quantitative estimate of drug-likeness (QED) is 0.760. The zero-order chi connectivity index (χ0) is 14.2. The summed E-state index contributed by atoms with van der Waals surface area (Å²) in [6.45, 7) is 1.84. The molecule has 0 unspecified atom stereocenters. The minimum atomic E-state index is -0.241. The van der Waals surface area contributed by atoms with Crippen LogP contribution in [0.5, 0.6) is 0 Å². The normalized spacial score (nSPS) is 10.3. The summed E-state index contributed by atoms with van der Waals surface area (Å²) in [5.74, 6) is 1.02. The number of aromatic nitrogens is 2. The average molecular weight is 276 g/mol. The Labute approximate surface area is 117 Å². The molecule has 0 bridgehead atoms. The van der Waals surface area contributed by atoms with Gasteiger partial charge in [0, 0.05) is 26.4 Å². The van der Waals surface area contributed by atoms with Crippen LogP contribution >= 0.6 is 0 Å². The number of benzene rings is 1. The summed E-state index contributed by atoms with van der Waals surface area (Å²) in [4.78, 5) is 8.45. The van der Waals surface area contributed by atoms with Gasteiger partial charge in [-0.25, -0.2) is 9.37 Å². The molecule has 106 valence electrons. The molecule has 0 saturated carbocycles. The fourth-order valence-corrected chi connectivity index (χ4v) is 1.61. The molecule has 0 aliphatic heterocycles. The highest BCUT2D eigenvalue weighted by molar-refractivity contribution is 5.39. The zero-order valence-corrected chi connectivity index (χ0v) is 11.3. The van der Waals surface area contributed by atoms with E-state index >= 15 is 0 Å². The van der Waals surface area contributed by atoms with Crippen LogP contribution in [-0.2, 0) is 11.3 Å². The second-order valence-electron chi connectivity index (χ2n) is 4.17. The molecule has 0 saturated heterocycles. The van der Waals surface area contributed by atoms with Crippen molar-refractivity contribution in [3.8, 4) is 0 Å². The van der Waals surface area contributed by atoms with E-state index in [0.29, 0.717) is 25.6 Å². The van der Waals surface area contributed by atoms with Crippen LogP contribution in [0.3, 0.4) is 0 Å². The average Bonchev–Trinajstić information content (AvgIpc) is 2.47. The summed E-state index contributed by atoms with van der Waals surface area (Å²) in [6, 6.07) is 8.10. The number of hydrogen-bond donors (Lipinski definition) is 2. The molecule has 0 spiro atoms. The van der Waals surface area contributed by atoms with Crippen molar-refractivity contribution in [3.05, 3.63) is 47.9 Å². The third-order valence-corrected chi connectivity index (χ3v) is 2.63. The van der Waals surface area contributed by atoms with Crippen LogP contribution in [0.4, 0.5) is 16.2 Å². The Morgan fingerprint density at radius 2 is 1.95 bits per heavy atom. The van der Waals surface area contributed by atoms with Crippen LogP contribution in [0.1, 0.15) is 5.56 Å². The van der Waals surface area contributed by atoms with Gasteiger partial charge in [-0.15, -0.1) is 0 Å². The standard InChI is InChI=1S/C14H17FN4O/c1-20-9-8-16-13-6-7-17-14(19-13)18-10-11-2-4-12(15)5-3-11/h2-7H,8-10H2,1H3,(H2,16,17,18,19). The molecule has 0 radical (unpaired) electrons. The molecule has 0 fully saturated rings. The van der Waals surface area contributed by atoms with Crippen molar-refractivity contribution < 1.29 is 9.13 Å². The lowest BCUT2D eigenvalue weighted by atomic mass is 10.2. The number of anilines is 2. The van der Waals surface area contributed by atoms with E-state index in [-0.39, 0.29) is 5.82 Å². The van der Waals surface area contributed by atoms with Crippen LogP contribution in [0.15, 0.2) is 36.5 Å². The van der Waals surface area contributed by atoms with Crippen LogP contribution in [0.25, 0.3) is 0 Å². The Balaban J connectivity index is 1.89. The van der Waals surface area contributed by atoms with Gasteiger partial charge in [-0.05, 0) is 23.8 Å². The lowest BCUT2D eigenvalue weighted by molar-refractivity contribution is 0.210. The van der Waals surface area contributed by atoms with Crippen molar-refractivity contribution in [2.45, 2.75) is 6.54 Å². The Hall–Kier alpha value is -2.21. The van der Waals surface area contributed by atoms with Gasteiger partial charge < -0.3 is 15.4 Å². The van der Waals surface area contributed by atoms with Crippen LogP contribution in [0, 0.1) is 5.82 Å². The summed E-state index contributed by atoms with van der Waals surface area (Å²) < 4.78 is 17.7. The van der Waals surface area contributed by atoms with Gasteiger partial charge in [-0.3, -0.25) is 0 Å². The number of hydrogen-bond acceptors (Lipinski definition) is 5. The minimum absolute atomic E-state index is 0.241. The van der Waals surface area contributed by atoms with Gasteiger partial charge in [0.1, 0.15) is 11.6 Å². The predicted octanol–water partition coefficient (Wildman–Crippen LogP) is 2.29. The predicted molar refractivity (Wildman–Crippen MR) is 76.1 cm³/mol. The highest BCUT2D eigenvalue weighted by Crippen LogP contribution is 2.08. The van der Waals surface area contributed by atoms with E-state index in [9.17, 15) is 4.39 Å². The molecule has 1 heterocycles. The number of halogens is 1. The molecule has 0 aliphatic carbocycles. The molecule has 5 nitrogen and oxygen atoms in total. The van der Waals surface area contributed by atoms with Crippen molar-refractivity contribution in [1.82, 2.24) is 9.97 Å². The first-order valence-corrected chi connectivity index (χ1v) is 6.32. The number of ether oxygens (including phenoxy) is 1. The highest BCUT2D eigenvalue weighted by atomic mass is 19.1. The lowest BCUT2D eigenvalue weighted by Crippen LogP contribution is -2.10. The maximum absolute atomic E-state index is 12.8. The zero-order valence-electron chi connectivity index (χ0n) is 11.3. The van der Waals surface area contributed by atoms with Gasteiger partial charge in [-0.1, -0.05) is 12.1 Å². The van der Waals surface area contributed by atoms with Crippen molar-refractivity contribution in [2.24, 2.45) is 0 Å². The molecule has 6 heteroatoms. The first-order valence-electron chi connectivity index (χ1n) is 6.32. The number of nitrogens with zero attached hydrogens (tertiary/aromatic N) is 2. The molecular formula is C14H17FN4O. The van der Waals surface area contributed by atoms with Gasteiger partial charge in [0.25, 0.3) is 0 Å². The first-order chi connectivity index (χ1) is 9.78. The van der Waals surface area contributed by atoms with Crippen LogP contribution in [-0.4, -0.2) is 30.2 Å². The van der Waals surface area contributed by atoms with E-state index < -0.39 is 0 Å². The largest absolute Gasteiger partial charge is 0.383 e. The van der Waals surface area contributed by atoms with Gasteiger partial charge in [0.15, 0.2) is 0 Å². The molecule has 2 rings (SSSR count). The van der Waals surface area contributed by atoms with E-state index in [2.05, 4.69) is 20.6 Å². The van der Waals surface area contributed by atoms with E-state index in [4.69, 9.17) is 4.74 Å². The molecular weight excluding hydrogens is 259 g/mol. The maximum Gasteiger partial charge on any atom is 0.224 e. The molecule has 2 N–H and O–H groups in total. The minimum Gasteiger partial charge on any atom is -0.383 e. The smallest absolute Gasteiger partial charge is 0.224 e. The summed E-state index contributed by atoms with van der Waals surface area (Å²) in [6.07, 6.45) is 1.68. The summed E-state index contributed by atoms with van der Waals surface area (Å²) in [5.41, 5.74) is 0.966. The van der Waals surface area contributed by atoms with Gasteiger partial charge in [-0.2, -0.15) is 4.98 Å². The number of nitrogens with one attached hydrogen (secondary N) is 2. The van der Waals surface area contributed by atoms with Gasteiger partial charge in [0.2, 0.25) is 5.95 Å². The van der Waals surface area contributed by atoms with E-state index in [1.807, 2.05) is 0 Å². The van der Waals surface area contributed by atoms with E-state index in [1.165, 1.54) is 12.1 Å². The Kier molecular flexibility index (Phi) is 5.25. The Bertz CT molecular complexity index is 533. The second kappa shape index (κ2) is 7.40. The summed E-state index contributed by atoms with van der Waals surface area (Å²) >= 11 is 0. The fraction of sp³-hybridized carbons (Fsp3) is 0.286. The van der Waals surface area contributed by atoms with Crippen molar-refractivity contribution in [1.29, 1.82) is 0 Å². The van der Waals surface area contributed by atoms with Crippen LogP contribution in [0.2, 0.25) is 0 Å². The molecule has 0 atom stereocenters. The summed E-state index contributed by atoms with van der Waals surface area (Å²) in [5, 5.41) is 6.22. The first kappa shape index (κ1) is 14.2. The second-order valence-corrected chi connectivity index (χ2v) is 4.17. The molecule has 1 aromatic carbocycles.